The molecule has 1 unspecified atom stereocenters. The molecule has 4 rings (SSSR count). The van der Waals surface area contributed by atoms with Crippen molar-refractivity contribution in [3.05, 3.63) is 76.7 Å². The maximum Gasteiger partial charge on any atom is 0.204 e. The molecule has 5 nitrogen and oxygen atoms in total. The SMILES string of the molecule is COc1ccc(C2=C3c4cc(O)ccc4C=CC3OC(N)=C2C#N)cc1. The van der Waals surface area contributed by atoms with Gasteiger partial charge in [-0.2, -0.15) is 5.26 Å². The third-order valence-corrected chi connectivity index (χ3v) is 4.57. The molecule has 0 fully saturated rings. The Kier molecular flexibility index (Phi) is 3.67. The molecule has 2 aromatic rings. The van der Waals surface area contributed by atoms with Crippen molar-refractivity contribution in [1.29, 1.82) is 5.26 Å². The lowest BCUT2D eigenvalue weighted by molar-refractivity contribution is 0.191. The van der Waals surface area contributed by atoms with Crippen molar-refractivity contribution < 1.29 is 14.6 Å². The van der Waals surface area contributed by atoms with E-state index >= 15 is 0 Å². The van der Waals surface area contributed by atoms with E-state index in [0.29, 0.717) is 5.57 Å². The molecule has 0 radical (unpaired) electrons. The summed E-state index contributed by atoms with van der Waals surface area (Å²) in [6.45, 7) is 0. The predicted molar refractivity (Wildman–Crippen MR) is 98.6 cm³/mol. The van der Waals surface area contributed by atoms with Crippen molar-refractivity contribution in [2.24, 2.45) is 5.73 Å². The molecule has 2 aromatic carbocycles. The van der Waals surface area contributed by atoms with Gasteiger partial charge in [-0.05, 0) is 47.0 Å². The van der Waals surface area contributed by atoms with Gasteiger partial charge in [-0.3, -0.25) is 0 Å². The first kappa shape index (κ1) is 15.9. The smallest absolute Gasteiger partial charge is 0.204 e. The Balaban J connectivity index is 2.03. The average Bonchev–Trinajstić information content (AvgIpc) is 2.66. The van der Waals surface area contributed by atoms with Crippen molar-refractivity contribution in [1.82, 2.24) is 0 Å². The van der Waals surface area contributed by atoms with E-state index in [4.69, 9.17) is 15.2 Å². The van der Waals surface area contributed by atoms with E-state index in [1.54, 1.807) is 19.2 Å². The van der Waals surface area contributed by atoms with Crippen LogP contribution < -0.4 is 10.5 Å². The van der Waals surface area contributed by atoms with E-state index in [9.17, 15) is 10.4 Å². The van der Waals surface area contributed by atoms with Gasteiger partial charge in [0.05, 0.1) is 7.11 Å². The van der Waals surface area contributed by atoms with E-state index in [1.807, 2.05) is 42.5 Å². The lowest BCUT2D eigenvalue weighted by Gasteiger charge is -2.31. The summed E-state index contributed by atoms with van der Waals surface area (Å²) in [4.78, 5) is 0. The lowest BCUT2D eigenvalue weighted by atomic mass is 9.81. The summed E-state index contributed by atoms with van der Waals surface area (Å²) in [6, 6.07) is 14.8. The summed E-state index contributed by atoms with van der Waals surface area (Å²) in [5.74, 6) is 0.973. The van der Waals surface area contributed by atoms with Crippen LogP contribution in [0.3, 0.4) is 0 Å². The van der Waals surface area contributed by atoms with Gasteiger partial charge in [0.1, 0.15) is 29.2 Å². The summed E-state index contributed by atoms with van der Waals surface area (Å²) in [7, 11) is 1.60. The normalized spacial score (nSPS) is 17.9. The Morgan fingerprint density at radius 2 is 1.96 bits per heavy atom. The van der Waals surface area contributed by atoms with Crippen LogP contribution in [0.15, 0.2) is 60.0 Å². The number of phenols is 1. The largest absolute Gasteiger partial charge is 0.508 e. The van der Waals surface area contributed by atoms with E-state index < -0.39 is 6.10 Å². The number of hydrogen-bond acceptors (Lipinski definition) is 5. The van der Waals surface area contributed by atoms with Gasteiger partial charge >= 0.3 is 0 Å². The number of benzene rings is 2. The number of phenolic OH excluding ortho intramolecular Hbond substituents is 1. The highest BCUT2D eigenvalue weighted by Crippen LogP contribution is 2.44. The summed E-state index contributed by atoms with van der Waals surface area (Å²) in [5.41, 5.74) is 10.4. The monoisotopic (exact) mass is 344 g/mol. The number of fused-ring (bicyclic) bond motifs is 3. The maximum absolute atomic E-state index is 9.97. The molecule has 1 aliphatic carbocycles. The highest BCUT2D eigenvalue weighted by atomic mass is 16.5. The van der Waals surface area contributed by atoms with Gasteiger partial charge in [-0.1, -0.05) is 24.3 Å². The molecule has 26 heavy (non-hydrogen) atoms. The Hall–Kier alpha value is -3.65. The topological polar surface area (TPSA) is 88.5 Å². The van der Waals surface area contributed by atoms with Crippen LogP contribution in [0.5, 0.6) is 11.5 Å². The quantitative estimate of drug-likeness (QED) is 0.871. The van der Waals surface area contributed by atoms with Crippen LogP contribution in [0.25, 0.3) is 17.2 Å². The van der Waals surface area contributed by atoms with Gasteiger partial charge in [-0.25, -0.2) is 0 Å². The fraction of sp³-hybridized carbons (Fsp3) is 0.0952. The van der Waals surface area contributed by atoms with Crippen LogP contribution in [-0.4, -0.2) is 18.3 Å². The van der Waals surface area contributed by atoms with Gasteiger partial charge in [0.25, 0.3) is 0 Å². The Labute approximate surface area is 150 Å². The highest BCUT2D eigenvalue weighted by Gasteiger charge is 2.33. The molecular weight excluding hydrogens is 328 g/mol. The first-order chi connectivity index (χ1) is 12.6. The van der Waals surface area contributed by atoms with Crippen LogP contribution in [0.2, 0.25) is 0 Å². The number of aromatic hydroxyl groups is 1. The first-order valence-electron chi connectivity index (χ1n) is 8.09. The molecule has 2 aliphatic rings. The van der Waals surface area contributed by atoms with E-state index in [0.717, 1.165) is 28.0 Å². The lowest BCUT2D eigenvalue weighted by Crippen LogP contribution is -2.25. The molecule has 0 aromatic heterocycles. The Morgan fingerprint density at radius 1 is 1.19 bits per heavy atom. The summed E-state index contributed by atoms with van der Waals surface area (Å²) < 4.78 is 11.0. The van der Waals surface area contributed by atoms with E-state index in [2.05, 4.69) is 6.07 Å². The number of hydrogen-bond donors (Lipinski definition) is 2. The van der Waals surface area contributed by atoms with Gasteiger partial charge in [0.15, 0.2) is 0 Å². The molecule has 1 aliphatic heterocycles. The minimum absolute atomic E-state index is 0.0975. The molecule has 0 amide bonds. The van der Waals surface area contributed by atoms with Crippen molar-refractivity contribution in [3.63, 3.8) is 0 Å². The van der Waals surface area contributed by atoms with Crippen molar-refractivity contribution in [2.75, 3.05) is 7.11 Å². The number of ether oxygens (including phenoxy) is 2. The molecule has 1 heterocycles. The Morgan fingerprint density at radius 3 is 2.65 bits per heavy atom. The average molecular weight is 344 g/mol. The molecule has 3 N–H and O–H groups in total. The molecule has 1 atom stereocenters. The summed E-state index contributed by atoms with van der Waals surface area (Å²) in [6.07, 6.45) is 3.41. The molecule has 0 spiro atoms. The summed E-state index contributed by atoms with van der Waals surface area (Å²) in [5, 5.41) is 19.7. The third-order valence-electron chi connectivity index (χ3n) is 4.57. The predicted octanol–water partition coefficient (Wildman–Crippen LogP) is 3.43. The number of methoxy groups -OCH3 is 1. The highest BCUT2D eigenvalue weighted by molar-refractivity contribution is 6.05. The Bertz CT molecular complexity index is 1020. The van der Waals surface area contributed by atoms with Crippen LogP contribution in [0, 0.1) is 11.3 Å². The van der Waals surface area contributed by atoms with Gasteiger partial charge < -0.3 is 20.3 Å². The minimum Gasteiger partial charge on any atom is -0.508 e. The second kappa shape index (κ2) is 6.01. The second-order valence-corrected chi connectivity index (χ2v) is 6.04. The summed E-state index contributed by atoms with van der Waals surface area (Å²) >= 11 is 0. The van der Waals surface area contributed by atoms with Crippen LogP contribution in [0.4, 0.5) is 0 Å². The molecule has 5 heteroatoms. The zero-order chi connectivity index (χ0) is 18.3. The number of nitrogens with zero attached hydrogens (tertiary/aromatic N) is 1. The third kappa shape index (κ3) is 2.40. The molecular formula is C21H16N2O3. The van der Waals surface area contributed by atoms with Gasteiger partial charge in [-0.15, -0.1) is 0 Å². The number of rotatable bonds is 2. The first-order valence-corrected chi connectivity index (χ1v) is 8.09. The van der Waals surface area contributed by atoms with Gasteiger partial charge in [0, 0.05) is 11.1 Å². The van der Waals surface area contributed by atoms with Crippen LogP contribution in [0.1, 0.15) is 16.7 Å². The van der Waals surface area contributed by atoms with Crippen molar-refractivity contribution >= 4 is 17.2 Å². The zero-order valence-corrected chi connectivity index (χ0v) is 14.1. The van der Waals surface area contributed by atoms with Crippen LogP contribution in [-0.2, 0) is 4.74 Å². The fourth-order valence-electron chi connectivity index (χ4n) is 3.36. The molecule has 0 saturated carbocycles. The number of nitriles is 1. The standard InChI is InChI=1S/C21H16N2O3/c1-25-15-7-3-13(4-8-15)19-17(11-22)21(23)26-18-9-5-12-2-6-14(24)10-16(12)20(18)19/h2-10,18,24H,23H2,1H3. The fourth-order valence-corrected chi connectivity index (χ4v) is 3.36. The molecule has 128 valence electrons. The molecule has 0 bridgehead atoms. The van der Waals surface area contributed by atoms with E-state index in [-0.39, 0.29) is 17.2 Å². The minimum atomic E-state index is -0.418. The zero-order valence-electron chi connectivity index (χ0n) is 14.1. The molecule has 0 saturated heterocycles. The van der Waals surface area contributed by atoms with E-state index in [1.165, 1.54) is 0 Å². The maximum atomic E-state index is 9.97. The van der Waals surface area contributed by atoms with Crippen molar-refractivity contribution in [2.45, 2.75) is 6.10 Å². The van der Waals surface area contributed by atoms with Crippen LogP contribution >= 0.6 is 0 Å². The number of nitrogens with two attached hydrogens (primary N) is 1. The second-order valence-electron chi connectivity index (χ2n) is 6.04. The number of allylic oxidation sites excluding steroid dienone is 2. The van der Waals surface area contributed by atoms with Crippen molar-refractivity contribution in [3.8, 4) is 17.6 Å². The van der Waals surface area contributed by atoms with Gasteiger partial charge in [0.2, 0.25) is 5.88 Å².